The van der Waals surface area contributed by atoms with E-state index in [0.717, 1.165) is 11.3 Å². The van der Waals surface area contributed by atoms with Gasteiger partial charge in [0.05, 0.1) is 7.11 Å². The fraction of sp³-hybridized carbons (Fsp3) is 0.200. The van der Waals surface area contributed by atoms with Crippen molar-refractivity contribution in [1.29, 1.82) is 0 Å². The lowest BCUT2D eigenvalue weighted by Crippen LogP contribution is -2.25. The van der Waals surface area contributed by atoms with Gasteiger partial charge in [-0.15, -0.1) is 10.2 Å². The molecule has 1 unspecified atom stereocenters. The standard InChI is InChI=1S/C20H19N3O5S/c1-13(28-16-6-4-3-5-7-16)20(25)27-12-17-22-23-19(29-17)18(24)21-14-8-10-15(26-2)11-9-14/h3-11,13H,12H2,1-2H3,(H,21,24). The summed E-state index contributed by atoms with van der Waals surface area (Å²) < 4.78 is 15.8. The van der Waals surface area contributed by atoms with Crippen molar-refractivity contribution in [1.82, 2.24) is 10.2 Å². The highest BCUT2D eigenvalue weighted by molar-refractivity contribution is 7.13. The number of benzene rings is 2. The van der Waals surface area contributed by atoms with Gasteiger partial charge in [-0.05, 0) is 43.3 Å². The molecule has 0 aliphatic rings. The first kappa shape index (κ1) is 20.3. The summed E-state index contributed by atoms with van der Waals surface area (Å²) in [6.07, 6.45) is -0.775. The molecule has 9 heteroatoms. The zero-order chi connectivity index (χ0) is 20.6. The second-order valence-electron chi connectivity index (χ2n) is 5.86. The third-order valence-electron chi connectivity index (χ3n) is 3.73. The van der Waals surface area contributed by atoms with Gasteiger partial charge < -0.3 is 19.5 Å². The van der Waals surface area contributed by atoms with Crippen LogP contribution in [0.25, 0.3) is 0 Å². The van der Waals surface area contributed by atoms with Gasteiger partial charge in [-0.1, -0.05) is 29.5 Å². The van der Waals surface area contributed by atoms with Crippen LogP contribution in [0.5, 0.6) is 11.5 Å². The van der Waals surface area contributed by atoms with Crippen LogP contribution in [0.2, 0.25) is 0 Å². The molecule has 0 aliphatic carbocycles. The summed E-state index contributed by atoms with van der Waals surface area (Å²) in [6.45, 7) is 1.51. The largest absolute Gasteiger partial charge is 0.497 e. The number of carbonyl (C=O) groups excluding carboxylic acids is 2. The van der Waals surface area contributed by atoms with Crippen LogP contribution >= 0.6 is 11.3 Å². The SMILES string of the molecule is COc1ccc(NC(=O)c2nnc(COC(=O)C(C)Oc3ccccc3)s2)cc1. The molecule has 29 heavy (non-hydrogen) atoms. The van der Waals surface area contributed by atoms with E-state index < -0.39 is 18.0 Å². The Morgan fingerprint density at radius 2 is 1.76 bits per heavy atom. The van der Waals surface area contributed by atoms with Crippen LogP contribution in [0.1, 0.15) is 21.7 Å². The Hall–Kier alpha value is -3.46. The fourth-order valence-corrected chi connectivity index (χ4v) is 2.91. The predicted molar refractivity (Wildman–Crippen MR) is 107 cm³/mol. The van der Waals surface area contributed by atoms with Crippen LogP contribution in [-0.2, 0) is 16.1 Å². The fourth-order valence-electron chi connectivity index (χ4n) is 2.26. The Morgan fingerprint density at radius 1 is 1.03 bits per heavy atom. The van der Waals surface area contributed by atoms with E-state index in [2.05, 4.69) is 15.5 Å². The highest BCUT2D eigenvalue weighted by Gasteiger charge is 2.19. The van der Waals surface area contributed by atoms with Crippen molar-refractivity contribution in [2.45, 2.75) is 19.6 Å². The Kier molecular flexibility index (Phi) is 6.75. The van der Waals surface area contributed by atoms with Crippen molar-refractivity contribution in [2.75, 3.05) is 12.4 Å². The van der Waals surface area contributed by atoms with Gasteiger partial charge in [0.15, 0.2) is 11.1 Å². The van der Waals surface area contributed by atoms with E-state index >= 15 is 0 Å². The molecular weight excluding hydrogens is 394 g/mol. The van der Waals surface area contributed by atoms with Crippen molar-refractivity contribution < 1.29 is 23.8 Å². The quantitative estimate of drug-likeness (QED) is 0.566. The summed E-state index contributed by atoms with van der Waals surface area (Å²) >= 11 is 1.05. The highest BCUT2D eigenvalue weighted by atomic mass is 32.1. The van der Waals surface area contributed by atoms with Crippen molar-refractivity contribution in [3.8, 4) is 11.5 Å². The number of hydrogen-bond donors (Lipinski definition) is 1. The molecule has 2 aromatic carbocycles. The smallest absolute Gasteiger partial charge is 0.347 e. The van der Waals surface area contributed by atoms with E-state index in [1.54, 1.807) is 50.4 Å². The molecule has 1 aromatic heterocycles. The molecule has 0 aliphatic heterocycles. The number of hydrogen-bond acceptors (Lipinski definition) is 8. The number of amides is 1. The number of nitrogens with zero attached hydrogens (tertiary/aromatic N) is 2. The Bertz CT molecular complexity index is 960. The maximum absolute atomic E-state index is 12.3. The number of nitrogens with one attached hydrogen (secondary N) is 1. The molecule has 8 nitrogen and oxygen atoms in total. The lowest BCUT2D eigenvalue weighted by atomic mass is 10.3. The molecular formula is C20H19N3O5S. The number of para-hydroxylation sites is 1. The molecule has 0 saturated carbocycles. The van der Waals surface area contributed by atoms with Crippen LogP contribution in [0, 0.1) is 0 Å². The van der Waals surface area contributed by atoms with Gasteiger partial charge in [0.2, 0.25) is 5.01 Å². The third kappa shape index (κ3) is 5.76. The van der Waals surface area contributed by atoms with Gasteiger partial charge in [-0.3, -0.25) is 4.79 Å². The van der Waals surface area contributed by atoms with E-state index in [0.29, 0.717) is 22.2 Å². The second-order valence-corrected chi connectivity index (χ2v) is 6.93. The number of ether oxygens (including phenoxy) is 3. The first-order chi connectivity index (χ1) is 14.0. The van der Waals surface area contributed by atoms with E-state index in [1.165, 1.54) is 0 Å². The molecule has 0 bridgehead atoms. The summed E-state index contributed by atoms with van der Waals surface area (Å²) in [5.41, 5.74) is 0.603. The zero-order valence-electron chi connectivity index (χ0n) is 15.8. The summed E-state index contributed by atoms with van der Waals surface area (Å²) in [5.74, 6) is 0.332. The van der Waals surface area contributed by atoms with Gasteiger partial charge in [-0.25, -0.2) is 4.79 Å². The first-order valence-electron chi connectivity index (χ1n) is 8.71. The summed E-state index contributed by atoms with van der Waals surface area (Å²) in [5, 5.41) is 11.0. The van der Waals surface area contributed by atoms with E-state index in [-0.39, 0.29) is 11.6 Å². The van der Waals surface area contributed by atoms with Crippen molar-refractivity contribution in [3.63, 3.8) is 0 Å². The molecule has 0 saturated heterocycles. The van der Waals surface area contributed by atoms with Gasteiger partial charge in [0.1, 0.15) is 18.1 Å². The van der Waals surface area contributed by atoms with Crippen molar-refractivity contribution in [3.05, 3.63) is 64.6 Å². The zero-order valence-corrected chi connectivity index (χ0v) is 16.6. The third-order valence-corrected chi connectivity index (χ3v) is 4.63. The maximum atomic E-state index is 12.3. The number of aromatic nitrogens is 2. The lowest BCUT2D eigenvalue weighted by Gasteiger charge is -2.13. The Morgan fingerprint density at radius 3 is 2.45 bits per heavy atom. The predicted octanol–water partition coefficient (Wildman–Crippen LogP) is 3.31. The lowest BCUT2D eigenvalue weighted by molar-refractivity contribution is -0.152. The van der Waals surface area contributed by atoms with Gasteiger partial charge in [-0.2, -0.15) is 0 Å². The van der Waals surface area contributed by atoms with E-state index in [1.807, 2.05) is 18.2 Å². The highest BCUT2D eigenvalue weighted by Crippen LogP contribution is 2.18. The molecule has 3 aromatic rings. The number of esters is 1. The van der Waals surface area contributed by atoms with E-state index in [9.17, 15) is 9.59 Å². The molecule has 1 heterocycles. The molecule has 1 atom stereocenters. The first-order valence-corrected chi connectivity index (χ1v) is 9.53. The Labute approximate surface area is 171 Å². The molecule has 150 valence electrons. The topological polar surface area (TPSA) is 99.6 Å². The van der Waals surface area contributed by atoms with Crippen LogP contribution in [0.4, 0.5) is 5.69 Å². The van der Waals surface area contributed by atoms with Crippen molar-refractivity contribution in [2.24, 2.45) is 0 Å². The summed E-state index contributed by atoms with van der Waals surface area (Å²) in [4.78, 5) is 24.3. The van der Waals surface area contributed by atoms with Gasteiger partial charge >= 0.3 is 5.97 Å². The average Bonchev–Trinajstić information content (AvgIpc) is 3.22. The van der Waals surface area contributed by atoms with Crippen molar-refractivity contribution >= 4 is 28.9 Å². The second kappa shape index (κ2) is 9.65. The van der Waals surface area contributed by atoms with Crippen LogP contribution < -0.4 is 14.8 Å². The number of rotatable bonds is 8. The average molecular weight is 413 g/mol. The monoisotopic (exact) mass is 413 g/mol. The minimum atomic E-state index is -0.775. The van der Waals surface area contributed by atoms with Crippen LogP contribution in [0.3, 0.4) is 0 Å². The van der Waals surface area contributed by atoms with Crippen LogP contribution in [0.15, 0.2) is 54.6 Å². The van der Waals surface area contributed by atoms with Gasteiger partial charge in [0.25, 0.3) is 5.91 Å². The molecule has 0 fully saturated rings. The van der Waals surface area contributed by atoms with Gasteiger partial charge in [0, 0.05) is 5.69 Å². The van der Waals surface area contributed by atoms with Crippen LogP contribution in [-0.4, -0.2) is 35.3 Å². The molecule has 1 N–H and O–H groups in total. The number of methoxy groups -OCH3 is 1. The molecule has 0 radical (unpaired) electrons. The molecule has 0 spiro atoms. The summed E-state index contributed by atoms with van der Waals surface area (Å²) in [6, 6.07) is 15.9. The van der Waals surface area contributed by atoms with E-state index in [4.69, 9.17) is 14.2 Å². The normalized spacial score (nSPS) is 11.4. The minimum absolute atomic E-state index is 0.0885. The summed E-state index contributed by atoms with van der Waals surface area (Å²) in [7, 11) is 1.57. The molecule has 3 rings (SSSR count). The maximum Gasteiger partial charge on any atom is 0.347 e. The molecule has 1 amide bonds. The minimum Gasteiger partial charge on any atom is -0.497 e. The number of carbonyl (C=O) groups is 2. The Balaban J connectivity index is 1.50. The number of anilines is 1.